The van der Waals surface area contributed by atoms with Crippen LogP contribution in [0.1, 0.15) is 30.9 Å². The number of carbonyl (C=O) groups is 1. The quantitative estimate of drug-likeness (QED) is 0.575. The molecule has 9 nitrogen and oxygen atoms in total. The smallest absolute Gasteiger partial charge is 0.279 e. The summed E-state index contributed by atoms with van der Waals surface area (Å²) in [6, 6.07) is 5.70. The van der Waals surface area contributed by atoms with Gasteiger partial charge in [-0.2, -0.15) is 0 Å². The molecular formula is C16H23N3O6S. The molecule has 2 fully saturated rings. The highest BCUT2D eigenvalue weighted by atomic mass is 32.2. The lowest BCUT2D eigenvalue weighted by Crippen LogP contribution is -2.52. The summed E-state index contributed by atoms with van der Waals surface area (Å²) in [6.07, 6.45) is 3.19. The highest BCUT2D eigenvalue weighted by Crippen LogP contribution is 2.32. The molecule has 3 heterocycles. The van der Waals surface area contributed by atoms with Gasteiger partial charge in [-0.15, -0.1) is 0 Å². The summed E-state index contributed by atoms with van der Waals surface area (Å²) in [7, 11) is -3.76. The van der Waals surface area contributed by atoms with Crippen molar-refractivity contribution >= 4 is 15.9 Å². The summed E-state index contributed by atoms with van der Waals surface area (Å²) in [5, 5.41) is 16.4. The van der Waals surface area contributed by atoms with E-state index < -0.39 is 32.3 Å². The Kier molecular flexibility index (Phi) is 5.88. The highest BCUT2D eigenvalue weighted by molar-refractivity contribution is 7.89. The van der Waals surface area contributed by atoms with E-state index >= 15 is 0 Å². The second-order valence-electron chi connectivity index (χ2n) is 6.61. The van der Waals surface area contributed by atoms with Crippen molar-refractivity contribution in [3.8, 4) is 0 Å². The van der Waals surface area contributed by atoms with Crippen molar-refractivity contribution in [1.29, 1.82) is 0 Å². The number of piperidine rings is 1. The van der Waals surface area contributed by atoms with Crippen LogP contribution in [0.4, 0.5) is 0 Å². The summed E-state index contributed by atoms with van der Waals surface area (Å²) >= 11 is 0. The monoisotopic (exact) mass is 385 g/mol. The predicted molar refractivity (Wildman–Crippen MR) is 89.8 cm³/mol. The zero-order valence-electron chi connectivity index (χ0n) is 14.3. The number of pyridine rings is 1. The largest absolute Gasteiger partial charge is 0.381 e. The number of sulfonamides is 1. The van der Waals surface area contributed by atoms with E-state index in [1.54, 1.807) is 6.20 Å². The number of rotatable bonds is 4. The Morgan fingerprint density at radius 3 is 2.58 bits per heavy atom. The van der Waals surface area contributed by atoms with E-state index in [1.165, 1.54) is 4.31 Å². The maximum absolute atomic E-state index is 13.0. The molecule has 2 N–H and O–H groups in total. The van der Waals surface area contributed by atoms with Crippen molar-refractivity contribution in [1.82, 2.24) is 14.5 Å². The molecule has 2 saturated heterocycles. The van der Waals surface area contributed by atoms with Gasteiger partial charge in [-0.25, -0.2) is 12.7 Å². The highest BCUT2D eigenvalue weighted by Gasteiger charge is 2.45. The normalized spacial score (nSPS) is 25.8. The van der Waals surface area contributed by atoms with Gasteiger partial charge in [0.05, 0.1) is 17.8 Å². The van der Waals surface area contributed by atoms with Crippen LogP contribution < -0.4 is 0 Å². The fraction of sp³-hybridized carbons (Fsp3) is 0.625. The molecule has 1 aromatic heterocycles. The van der Waals surface area contributed by atoms with Crippen LogP contribution in [0.2, 0.25) is 0 Å². The Morgan fingerprint density at radius 1 is 1.23 bits per heavy atom. The SMILES string of the molecule is O=C(C1COCCC1S(=O)(=O)N1CCC(c2ccccn2)CC1)N(O)O. The van der Waals surface area contributed by atoms with Gasteiger partial charge in [-0.3, -0.25) is 20.2 Å². The number of aromatic nitrogens is 1. The summed E-state index contributed by atoms with van der Waals surface area (Å²) < 4.78 is 32.7. The van der Waals surface area contributed by atoms with E-state index in [2.05, 4.69) is 4.98 Å². The molecule has 0 saturated carbocycles. The van der Waals surface area contributed by atoms with Gasteiger partial charge in [-0.1, -0.05) is 11.3 Å². The fourth-order valence-corrected chi connectivity index (χ4v) is 5.78. The summed E-state index contributed by atoms with van der Waals surface area (Å²) in [5.41, 5.74) is 0.958. The molecule has 0 spiro atoms. The van der Waals surface area contributed by atoms with Gasteiger partial charge in [0.25, 0.3) is 5.91 Å². The van der Waals surface area contributed by atoms with E-state index in [4.69, 9.17) is 15.2 Å². The number of hydroxylamine groups is 2. The molecule has 0 aliphatic carbocycles. The predicted octanol–water partition coefficient (Wildman–Crippen LogP) is 0.603. The first-order valence-electron chi connectivity index (χ1n) is 8.60. The first-order valence-corrected chi connectivity index (χ1v) is 10.1. The van der Waals surface area contributed by atoms with Crippen molar-refractivity contribution in [3.05, 3.63) is 30.1 Å². The van der Waals surface area contributed by atoms with Crippen LogP contribution in [-0.4, -0.2) is 70.8 Å². The third-order valence-electron chi connectivity index (χ3n) is 5.11. The standard InChI is InChI=1S/C16H23N3O6S/c20-16(19(21)22)13-11-25-10-6-15(13)26(23,24)18-8-4-12(5-9-18)14-3-1-2-7-17-14/h1-3,7,12-13,15,21-22H,4-6,8-11H2. The Balaban J connectivity index is 1.71. The zero-order chi connectivity index (χ0) is 18.7. The zero-order valence-corrected chi connectivity index (χ0v) is 15.1. The average molecular weight is 385 g/mol. The molecule has 1 aromatic rings. The molecular weight excluding hydrogens is 362 g/mol. The fourth-order valence-electron chi connectivity index (χ4n) is 3.67. The number of hydrogen-bond donors (Lipinski definition) is 2. The van der Waals surface area contributed by atoms with Crippen molar-refractivity contribution in [2.75, 3.05) is 26.3 Å². The molecule has 2 aliphatic heterocycles. The lowest BCUT2D eigenvalue weighted by molar-refractivity contribution is -0.289. The lowest BCUT2D eigenvalue weighted by atomic mass is 9.94. The minimum atomic E-state index is -3.76. The average Bonchev–Trinajstić information content (AvgIpc) is 2.68. The number of ether oxygens (including phenoxy) is 1. The minimum Gasteiger partial charge on any atom is -0.381 e. The van der Waals surface area contributed by atoms with Gasteiger partial charge in [-0.05, 0) is 31.4 Å². The Bertz CT molecular complexity index is 719. The van der Waals surface area contributed by atoms with Crippen LogP contribution >= 0.6 is 0 Å². The summed E-state index contributed by atoms with van der Waals surface area (Å²) in [6.45, 7) is 0.771. The van der Waals surface area contributed by atoms with Crippen molar-refractivity contribution in [3.63, 3.8) is 0 Å². The molecule has 10 heteroatoms. The van der Waals surface area contributed by atoms with Crippen LogP contribution in [0.3, 0.4) is 0 Å². The van der Waals surface area contributed by atoms with Gasteiger partial charge in [0.2, 0.25) is 10.0 Å². The molecule has 2 atom stereocenters. The van der Waals surface area contributed by atoms with Crippen molar-refractivity contribution in [2.45, 2.75) is 30.4 Å². The first kappa shape index (κ1) is 19.2. The Labute approximate surface area is 152 Å². The van der Waals surface area contributed by atoms with Gasteiger partial charge < -0.3 is 4.74 Å². The lowest BCUT2D eigenvalue weighted by Gasteiger charge is -2.37. The summed E-state index contributed by atoms with van der Waals surface area (Å²) in [5.74, 6) is -1.99. The first-order chi connectivity index (χ1) is 12.4. The number of carbonyl (C=O) groups excluding carboxylic acids is 1. The number of amides is 1. The maximum Gasteiger partial charge on any atom is 0.279 e. The van der Waals surface area contributed by atoms with Crippen LogP contribution in [0, 0.1) is 5.92 Å². The molecule has 144 valence electrons. The molecule has 1 amide bonds. The third-order valence-corrected chi connectivity index (χ3v) is 7.52. The third kappa shape index (κ3) is 3.89. The Hall–Kier alpha value is -1.59. The second-order valence-corrected chi connectivity index (χ2v) is 8.76. The van der Waals surface area contributed by atoms with Gasteiger partial charge in [0.15, 0.2) is 0 Å². The number of hydrogen-bond acceptors (Lipinski definition) is 7. The number of nitrogens with zero attached hydrogens (tertiary/aromatic N) is 3. The molecule has 3 rings (SSSR count). The van der Waals surface area contributed by atoms with E-state index in [1.807, 2.05) is 18.2 Å². The summed E-state index contributed by atoms with van der Waals surface area (Å²) in [4.78, 5) is 16.3. The van der Waals surface area contributed by atoms with Crippen LogP contribution in [0.5, 0.6) is 0 Å². The molecule has 26 heavy (non-hydrogen) atoms. The van der Waals surface area contributed by atoms with E-state index in [-0.39, 0.29) is 25.6 Å². The van der Waals surface area contributed by atoms with Gasteiger partial charge in [0, 0.05) is 37.5 Å². The van der Waals surface area contributed by atoms with Crippen LogP contribution in [0.25, 0.3) is 0 Å². The van der Waals surface area contributed by atoms with Gasteiger partial charge in [0.1, 0.15) is 0 Å². The van der Waals surface area contributed by atoms with E-state index in [0.29, 0.717) is 25.9 Å². The Morgan fingerprint density at radius 2 is 1.96 bits per heavy atom. The van der Waals surface area contributed by atoms with E-state index in [9.17, 15) is 13.2 Å². The molecule has 0 bridgehead atoms. The topological polar surface area (TPSA) is 120 Å². The second kappa shape index (κ2) is 7.97. The molecule has 2 aliphatic rings. The molecule has 0 radical (unpaired) electrons. The van der Waals surface area contributed by atoms with Gasteiger partial charge >= 0.3 is 0 Å². The molecule has 2 unspecified atom stereocenters. The van der Waals surface area contributed by atoms with Crippen molar-refractivity contribution in [2.24, 2.45) is 5.92 Å². The molecule has 0 aromatic carbocycles. The minimum absolute atomic E-state index is 0.146. The van der Waals surface area contributed by atoms with Crippen LogP contribution in [-0.2, 0) is 19.6 Å². The van der Waals surface area contributed by atoms with Crippen molar-refractivity contribution < 1.29 is 28.4 Å². The van der Waals surface area contributed by atoms with E-state index in [0.717, 1.165) is 5.69 Å². The maximum atomic E-state index is 13.0. The van der Waals surface area contributed by atoms with Crippen LogP contribution in [0.15, 0.2) is 24.4 Å².